The van der Waals surface area contributed by atoms with Crippen LogP contribution in [0.3, 0.4) is 0 Å². The first-order chi connectivity index (χ1) is 12.3. The van der Waals surface area contributed by atoms with Crippen LogP contribution in [-0.2, 0) is 17.1 Å². The van der Waals surface area contributed by atoms with Crippen molar-refractivity contribution in [3.63, 3.8) is 0 Å². The maximum Gasteiger partial charge on any atom is 0.211 e. The predicted molar refractivity (Wildman–Crippen MR) is 101 cm³/mol. The first-order valence-electron chi connectivity index (χ1n) is 8.44. The molecule has 0 saturated carbocycles. The Morgan fingerprint density at radius 1 is 1.15 bits per heavy atom. The van der Waals surface area contributed by atoms with Gasteiger partial charge >= 0.3 is 0 Å². The molecule has 4 rings (SSSR count). The SMILES string of the molecule is Cn1cc(-n2ncc3cc(Cl)c(C4CCN(S(C)(=O)=O)CC4)cc32)cn1. The Morgan fingerprint density at radius 3 is 2.50 bits per heavy atom. The molecular weight excluding hydrogens is 374 g/mol. The second kappa shape index (κ2) is 6.37. The van der Waals surface area contributed by atoms with E-state index in [1.165, 1.54) is 10.6 Å². The first-order valence-corrected chi connectivity index (χ1v) is 10.7. The molecule has 26 heavy (non-hydrogen) atoms. The zero-order valence-electron chi connectivity index (χ0n) is 14.6. The number of aromatic nitrogens is 4. The Hall–Kier alpha value is -1.90. The summed E-state index contributed by atoms with van der Waals surface area (Å²) in [4.78, 5) is 0. The summed E-state index contributed by atoms with van der Waals surface area (Å²) in [6, 6.07) is 4.02. The Morgan fingerprint density at radius 2 is 1.88 bits per heavy atom. The van der Waals surface area contributed by atoms with Crippen LogP contribution < -0.4 is 0 Å². The number of piperidine rings is 1. The van der Waals surface area contributed by atoms with Crippen molar-refractivity contribution >= 4 is 32.5 Å². The Labute approximate surface area is 157 Å². The van der Waals surface area contributed by atoms with Gasteiger partial charge in [-0.15, -0.1) is 0 Å². The van der Waals surface area contributed by atoms with Crippen LogP contribution in [0.15, 0.2) is 30.7 Å². The highest BCUT2D eigenvalue weighted by molar-refractivity contribution is 7.88. The van der Waals surface area contributed by atoms with Crippen LogP contribution in [0.5, 0.6) is 0 Å². The van der Waals surface area contributed by atoms with E-state index in [4.69, 9.17) is 11.6 Å². The minimum Gasteiger partial charge on any atom is -0.274 e. The number of aryl methyl sites for hydroxylation is 1. The smallest absolute Gasteiger partial charge is 0.211 e. The third-order valence-corrected chi connectivity index (χ3v) is 6.62. The lowest BCUT2D eigenvalue weighted by Crippen LogP contribution is -2.37. The molecule has 0 bridgehead atoms. The molecule has 0 aliphatic carbocycles. The number of hydrogen-bond donors (Lipinski definition) is 0. The number of hydrogen-bond acceptors (Lipinski definition) is 4. The predicted octanol–water partition coefficient (Wildman–Crippen LogP) is 2.55. The van der Waals surface area contributed by atoms with Crippen molar-refractivity contribution < 1.29 is 8.42 Å². The molecule has 3 aromatic rings. The van der Waals surface area contributed by atoms with Gasteiger partial charge in [-0.05, 0) is 36.5 Å². The van der Waals surface area contributed by atoms with Gasteiger partial charge in [-0.3, -0.25) is 4.68 Å². The molecule has 1 aliphatic heterocycles. The van der Waals surface area contributed by atoms with E-state index in [1.807, 2.05) is 24.0 Å². The maximum absolute atomic E-state index is 11.7. The van der Waals surface area contributed by atoms with E-state index < -0.39 is 10.0 Å². The molecule has 9 heteroatoms. The zero-order chi connectivity index (χ0) is 18.5. The molecule has 0 unspecified atom stereocenters. The standard InChI is InChI=1S/C17H20ClN5O2S/c1-21-11-14(10-19-21)23-17-8-15(16(18)7-13(17)9-20-23)12-3-5-22(6-4-12)26(2,24)25/h7-12H,3-6H2,1-2H3. The van der Waals surface area contributed by atoms with E-state index in [0.717, 1.165) is 35.0 Å². The van der Waals surface area contributed by atoms with Gasteiger partial charge in [-0.1, -0.05) is 11.6 Å². The van der Waals surface area contributed by atoms with E-state index in [9.17, 15) is 8.42 Å². The molecule has 0 spiro atoms. The molecule has 1 aromatic carbocycles. The zero-order valence-corrected chi connectivity index (χ0v) is 16.2. The van der Waals surface area contributed by atoms with Gasteiger partial charge in [-0.2, -0.15) is 10.2 Å². The summed E-state index contributed by atoms with van der Waals surface area (Å²) in [5, 5.41) is 10.4. The molecule has 0 atom stereocenters. The molecule has 1 aliphatic rings. The lowest BCUT2D eigenvalue weighted by molar-refractivity contribution is 0.321. The van der Waals surface area contributed by atoms with Gasteiger partial charge in [0.15, 0.2) is 0 Å². The van der Waals surface area contributed by atoms with E-state index in [2.05, 4.69) is 16.3 Å². The Kier molecular flexibility index (Phi) is 4.29. The van der Waals surface area contributed by atoms with Crippen molar-refractivity contribution in [2.75, 3.05) is 19.3 Å². The highest BCUT2D eigenvalue weighted by Crippen LogP contribution is 2.36. The average molecular weight is 394 g/mol. The second-order valence-corrected chi connectivity index (χ2v) is 9.19. The topological polar surface area (TPSA) is 73.0 Å². The molecule has 0 radical (unpaired) electrons. The molecule has 0 amide bonds. The van der Waals surface area contributed by atoms with Crippen LogP contribution in [-0.4, -0.2) is 51.6 Å². The van der Waals surface area contributed by atoms with Crippen LogP contribution in [0.25, 0.3) is 16.6 Å². The van der Waals surface area contributed by atoms with Crippen LogP contribution in [0.2, 0.25) is 5.02 Å². The molecule has 1 saturated heterocycles. The van der Waals surface area contributed by atoms with Gasteiger partial charge in [-0.25, -0.2) is 17.4 Å². The molecule has 2 aromatic heterocycles. The van der Waals surface area contributed by atoms with Gasteiger partial charge < -0.3 is 0 Å². The monoisotopic (exact) mass is 393 g/mol. The molecule has 1 fully saturated rings. The molecular formula is C17H20ClN5O2S. The summed E-state index contributed by atoms with van der Waals surface area (Å²) in [5.41, 5.74) is 2.92. The van der Waals surface area contributed by atoms with Crippen LogP contribution >= 0.6 is 11.6 Å². The summed E-state index contributed by atoms with van der Waals surface area (Å²) >= 11 is 6.54. The largest absolute Gasteiger partial charge is 0.274 e. The second-order valence-electron chi connectivity index (χ2n) is 6.80. The van der Waals surface area contributed by atoms with Crippen molar-refractivity contribution in [1.82, 2.24) is 23.9 Å². The van der Waals surface area contributed by atoms with Crippen molar-refractivity contribution in [3.8, 4) is 5.69 Å². The maximum atomic E-state index is 11.7. The van der Waals surface area contributed by atoms with Crippen molar-refractivity contribution in [2.45, 2.75) is 18.8 Å². The number of rotatable bonds is 3. The van der Waals surface area contributed by atoms with E-state index in [1.54, 1.807) is 17.1 Å². The fourth-order valence-electron chi connectivity index (χ4n) is 3.60. The lowest BCUT2D eigenvalue weighted by Gasteiger charge is -2.30. The minimum atomic E-state index is -3.13. The van der Waals surface area contributed by atoms with Crippen molar-refractivity contribution in [3.05, 3.63) is 41.3 Å². The van der Waals surface area contributed by atoms with Crippen molar-refractivity contribution in [1.29, 1.82) is 0 Å². The molecule has 3 heterocycles. The molecule has 0 N–H and O–H groups in total. The van der Waals surface area contributed by atoms with Gasteiger partial charge in [0, 0.05) is 30.5 Å². The fraction of sp³-hybridized carbons (Fsp3) is 0.412. The Bertz CT molecular complexity index is 1060. The number of benzene rings is 1. The van der Waals surface area contributed by atoms with E-state index in [-0.39, 0.29) is 5.92 Å². The van der Waals surface area contributed by atoms with Gasteiger partial charge in [0.1, 0.15) is 5.69 Å². The summed E-state index contributed by atoms with van der Waals surface area (Å²) in [6.45, 7) is 1.06. The van der Waals surface area contributed by atoms with Gasteiger partial charge in [0.05, 0.1) is 30.4 Å². The number of nitrogens with zero attached hydrogens (tertiary/aromatic N) is 5. The van der Waals surface area contributed by atoms with Crippen LogP contribution in [0.4, 0.5) is 0 Å². The fourth-order valence-corrected chi connectivity index (χ4v) is 4.80. The summed E-state index contributed by atoms with van der Waals surface area (Å²) in [5.74, 6) is 0.238. The summed E-state index contributed by atoms with van der Waals surface area (Å²) < 4.78 is 28.6. The summed E-state index contributed by atoms with van der Waals surface area (Å²) in [7, 11) is -1.26. The quantitative estimate of drug-likeness (QED) is 0.685. The normalized spacial score (nSPS) is 17.2. The van der Waals surface area contributed by atoms with Gasteiger partial charge in [0.25, 0.3) is 0 Å². The Balaban J connectivity index is 1.69. The third-order valence-electron chi connectivity index (χ3n) is 4.99. The van der Waals surface area contributed by atoms with E-state index >= 15 is 0 Å². The summed E-state index contributed by atoms with van der Waals surface area (Å²) in [6.07, 6.45) is 8.26. The molecule has 138 valence electrons. The minimum absolute atomic E-state index is 0.238. The third kappa shape index (κ3) is 3.13. The first kappa shape index (κ1) is 17.5. The van der Waals surface area contributed by atoms with Crippen LogP contribution in [0.1, 0.15) is 24.3 Å². The number of fused-ring (bicyclic) bond motifs is 1. The number of halogens is 1. The number of sulfonamides is 1. The molecule has 7 nitrogen and oxygen atoms in total. The van der Waals surface area contributed by atoms with Gasteiger partial charge in [0.2, 0.25) is 10.0 Å². The lowest BCUT2D eigenvalue weighted by atomic mass is 9.89. The average Bonchev–Trinajstić information content (AvgIpc) is 3.19. The highest BCUT2D eigenvalue weighted by Gasteiger charge is 2.27. The van der Waals surface area contributed by atoms with E-state index in [0.29, 0.717) is 18.1 Å². The highest BCUT2D eigenvalue weighted by atomic mass is 35.5. The van der Waals surface area contributed by atoms with Crippen LogP contribution in [0, 0.1) is 0 Å². The van der Waals surface area contributed by atoms with Crippen molar-refractivity contribution in [2.24, 2.45) is 7.05 Å².